The van der Waals surface area contributed by atoms with Gasteiger partial charge in [0.25, 0.3) is 0 Å². The molecule has 1 N–H and O–H groups in total. The third-order valence-corrected chi connectivity index (χ3v) is 4.30. The van der Waals surface area contributed by atoms with E-state index in [1.165, 1.54) is 28.8 Å². The van der Waals surface area contributed by atoms with Gasteiger partial charge in [0.1, 0.15) is 11.6 Å². The quantitative estimate of drug-likeness (QED) is 0.883. The van der Waals surface area contributed by atoms with Gasteiger partial charge in [-0.05, 0) is 18.6 Å². The minimum Gasteiger partial charge on any atom is -0.493 e. The molecule has 0 spiro atoms. The molecule has 0 radical (unpaired) electrons. The van der Waals surface area contributed by atoms with Gasteiger partial charge in [-0.25, -0.2) is 14.2 Å². The zero-order chi connectivity index (χ0) is 15.5. The molecule has 0 aliphatic rings. The average Bonchev–Trinajstić information content (AvgIpc) is 2.89. The minimum atomic E-state index is -1.02. The number of aromatic carboxylic acids is 1. The topological polar surface area (TPSA) is 59.4 Å². The summed E-state index contributed by atoms with van der Waals surface area (Å²) < 4.78 is 18.5. The smallest absolute Gasteiger partial charge is 0.355 e. The lowest BCUT2D eigenvalue weighted by molar-refractivity contribution is 0.0691. The number of carboxylic acids is 1. The summed E-state index contributed by atoms with van der Waals surface area (Å²) in [5, 5.41) is 11.2. The number of ether oxygens (including phenoxy) is 1. The van der Waals surface area contributed by atoms with Gasteiger partial charge in [0.15, 0.2) is 5.69 Å². The average molecular weight is 309 g/mol. The molecule has 0 saturated carbocycles. The van der Waals surface area contributed by atoms with Gasteiger partial charge in [-0.15, -0.1) is 11.3 Å². The van der Waals surface area contributed by atoms with Gasteiger partial charge in [-0.3, -0.25) is 0 Å². The number of hydrogen-bond donors (Lipinski definition) is 1. The molecule has 2 aromatic rings. The van der Waals surface area contributed by atoms with Crippen molar-refractivity contribution in [2.75, 3.05) is 6.61 Å². The molecule has 0 atom stereocenters. The summed E-state index contributed by atoms with van der Waals surface area (Å²) in [5.41, 5.74) is -0.236. The van der Waals surface area contributed by atoms with Crippen LogP contribution in [0.2, 0.25) is 0 Å². The van der Waals surface area contributed by atoms with Gasteiger partial charge in [-0.1, -0.05) is 19.9 Å². The number of carboxylic acid groups (broad SMARTS) is 1. The number of rotatable bonds is 6. The zero-order valence-electron chi connectivity index (χ0n) is 11.8. The van der Waals surface area contributed by atoms with E-state index in [2.05, 4.69) is 4.98 Å². The van der Waals surface area contributed by atoms with E-state index >= 15 is 0 Å². The van der Waals surface area contributed by atoms with Gasteiger partial charge in [-0.2, -0.15) is 0 Å². The lowest BCUT2D eigenvalue weighted by Crippen LogP contribution is -2.20. The van der Waals surface area contributed by atoms with Crippen LogP contribution in [0.5, 0.6) is 5.75 Å². The largest absolute Gasteiger partial charge is 0.493 e. The van der Waals surface area contributed by atoms with Gasteiger partial charge in [0, 0.05) is 16.9 Å². The summed E-state index contributed by atoms with van der Waals surface area (Å²) in [6.07, 6.45) is 0.649. The predicted molar refractivity (Wildman–Crippen MR) is 78.6 cm³/mol. The Balaban J connectivity index is 1.95. The molecule has 0 amide bonds. The molecule has 4 nitrogen and oxygen atoms in total. The highest BCUT2D eigenvalue weighted by atomic mass is 32.1. The number of carbonyl (C=O) groups is 1. The lowest BCUT2D eigenvalue weighted by Gasteiger charge is -2.21. The predicted octanol–water partition coefficient (Wildman–Crippen LogP) is 3.73. The maximum absolute atomic E-state index is 13.0. The van der Waals surface area contributed by atoms with Crippen molar-refractivity contribution in [3.05, 3.63) is 46.2 Å². The number of hydrogen-bond acceptors (Lipinski definition) is 4. The summed E-state index contributed by atoms with van der Waals surface area (Å²) in [6, 6.07) is 5.98. The highest BCUT2D eigenvalue weighted by molar-refractivity contribution is 7.10. The van der Waals surface area contributed by atoms with Crippen molar-refractivity contribution in [1.82, 2.24) is 4.98 Å². The van der Waals surface area contributed by atoms with Crippen LogP contribution in [0.25, 0.3) is 0 Å². The first kappa shape index (κ1) is 15.4. The molecule has 2 rings (SSSR count). The van der Waals surface area contributed by atoms with Crippen LogP contribution >= 0.6 is 11.3 Å². The molecule has 0 saturated heterocycles. The highest BCUT2D eigenvalue weighted by Crippen LogP contribution is 2.30. The fraction of sp³-hybridized carbons (Fsp3) is 0.333. The highest BCUT2D eigenvalue weighted by Gasteiger charge is 2.25. The zero-order valence-corrected chi connectivity index (χ0v) is 12.6. The number of benzene rings is 1. The number of thiazole rings is 1. The molecule has 21 heavy (non-hydrogen) atoms. The Bertz CT molecular complexity index is 639. The van der Waals surface area contributed by atoms with E-state index in [1.54, 1.807) is 12.1 Å². The van der Waals surface area contributed by atoms with Crippen LogP contribution in [0.15, 0.2) is 29.6 Å². The second-order valence-electron chi connectivity index (χ2n) is 5.28. The molecule has 1 aromatic carbocycles. The van der Waals surface area contributed by atoms with E-state index in [-0.39, 0.29) is 16.9 Å². The molecule has 0 aliphatic carbocycles. The van der Waals surface area contributed by atoms with Crippen molar-refractivity contribution in [3.8, 4) is 5.75 Å². The Kier molecular flexibility index (Phi) is 4.57. The van der Waals surface area contributed by atoms with Crippen molar-refractivity contribution in [2.24, 2.45) is 0 Å². The first-order valence-electron chi connectivity index (χ1n) is 6.46. The molecule has 0 aliphatic heterocycles. The Morgan fingerprint density at radius 1 is 1.48 bits per heavy atom. The molecule has 0 fully saturated rings. The fourth-order valence-corrected chi connectivity index (χ4v) is 2.72. The van der Waals surface area contributed by atoms with Gasteiger partial charge >= 0.3 is 5.97 Å². The summed E-state index contributed by atoms with van der Waals surface area (Å²) >= 11 is 1.33. The van der Waals surface area contributed by atoms with E-state index in [0.29, 0.717) is 18.8 Å². The molecular formula is C15H16FNO3S. The fourth-order valence-electron chi connectivity index (χ4n) is 1.77. The number of nitrogens with zero attached hydrogens (tertiary/aromatic N) is 1. The standard InChI is InChI=1S/C15H16FNO3S/c1-15(2,14-17-12(9-21-14)13(18)19)6-7-20-11-5-3-4-10(16)8-11/h3-5,8-9H,6-7H2,1-2H3,(H,18,19). The van der Waals surface area contributed by atoms with Crippen LogP contribution in [-0.4, -0.2) is 22.7 Å². The molecule has 1 heterocycles. The molecule has 112 valence electrons. The van der Waals surface area contributed by atoms with Crippen LogP contribution in [0, 0.1) is 5.82 Å². The number of aromatic nitrogens is 1. The Hall–Kier alpha value is -1.95. The van der Waals surface area contributed by atoms with Crippen LogP contribution in [0.4, 0.5) is 4.39 Å². The molecule has 1 aromatic heterocycles. The first-order chi connectivity index (χ1) is 9.88. The van der Waals surface area contributed by atoms with E-state index in [0.717, 1.165) is 5.01 Å². The minimum absolute atomic E-state index is 0.0640. The van der Waals surface area contributed by atoms with E-state index < -0.39 is 5.97 Å². The summed E-state index contributed by atoms with van der Waals surface area (Å²) in [7, 11) is 0. The SMILES string of the molecule is CC(C)(CCOc1cccc(F)c1)c1nc(C(=O)O)cs1. The third kappa shape index (κ3) is 4.01. The first-order valence-corrected chi connectivity index (χ1v) is 7.34. The van der Waals surface area contributed by atoms with Gasteiger partial charge in [0.2, 0.25) is 0 Å². The monoisotopic (exact) mass is 309 g/mol. The maximum atomic E-state index is 13.0. The molecular weight excluding hydrogens is 293 g/mol. The van der Waals surface area contributed by atoms with Crippen molar-refractivity contribution < 1.29 is 19.0 Å². The summed E-state index contributed by atoms with van der Waals surface area (Å²) in [6.45, 7) is 4.36. The van der Waals surface area contributed by atoms with Gasteiger partial charge < -0.3 is 9.84 Å². The second-order valence-corrected chi connectivity index (χ2v) is 6.14. The Morgan fingerprint density at radius 2 is 2.24 bits per heavy atom. The van der Waals surface area contributed by atoms with Crippen molar-refractivity contribution >= 4 is 17.3 Å². The van der Waals surface area contributed by atoms with E-state index in [4.69, 9.17) is 9.84 Å². The Morgan fingerprint density at radius 3 is 2.86 bits per heavy atom. The van der Waals surface area contributed by atoms with Gasteiger partial charge in [0.05, 0.1) is 11.6 Å². The molecule has 0 bridgehead atoms. The normalized spacial score (nSPS) is 11.4. The van der Waals surface area contributed by atoms with Crippen LogP contribution in [0.1, 0.15) is 35.8 Å². The summed E-state index contributed by atoms with van der Waals surface area (Å²) in [4.78, 5) is 15.0. The number of halogens is 1. The van der Waals surface area contributed by atoms with Crippen molar-refractivity contribution in [2.45, 2.75) is 25.7 Å². The maximum Gasteiger partial charge on any atom is 0.355 e. The van der Waals surface area contributed by atoms with E-state index in [1.807, 2.05) is 13.8 Å². The van der Waals surface area contributed by atoms with Crippen LogP contribution < -0.4 is 4.74 Å². The van der Waals surface area contributed by atoms with Crippen LogP contribution in [-0.2, 0) is 5.41 Å². The molecule has 6 heteroatoms. The lowest BCUT2D eigenvalue weighted by atomic mass is 9.90. The van der Waals surface area contributed by atoms with E-state index in [9.17, 15) is 9.18 Å². The van der Waals surface area contributed by atoms with Crippen molar-refractivity contribution in [3.63, 3.8) is 0 Å². The summed E-state index contributed by atoms with van der Waals surface area (Å²) in [5.74, 6) is -0.877. The van der Waals surface area contributed by atoms with Crippen molar-refractivity contribution in [1.29, 1.82) is 0 Å². The third-order valence-electron chi connectivity index (χ3n) is 3.09. The second kappa shape index (κ2) is 6.22. The Labute approximate surface area is 126 Å². The molecule has 0 unspecified atom stereocenters. The van der Waals surface area contributed by atoms with Crippen LogP contribution in [0.3, 0.4) is 0 Å².